The number of nitrogens with zero attached hydrogens (tertiary/aromatic N) is 1. The maximum Gasteiger partial charge on any atom is 0.340 e. The summed E-state index contributed by atoms with van der Waals surface area (Å²) < 4.78 is 19.9. The molecule has 0 aliphatic carbocycles. The van der Waals surface area contributed by atoms with Crippen molar-refractivity contribution in [2.45, 2.75) is 51.9 Å². The molecule has 1 aliphatic rings. The summed E-state index contributed by atoms with van der Waals surface area (Å²) in [4.78, 5) is 0. The van der Waals surface area contributed by atoms with Crippen molar-refractivity contribution in [3.8, 4) is 12.5 Å². The van der Waals surface area contributed by atoms with E-state index < -0.39 is 17.0 Å². The van der Waals surface area contributed by atoms with Gasteiger partial charge in [-0.25, -0.2) is 0 Å². The summed E-state index contributed by atoms with van der Waals surface area (Å²) in [7, 11) is -3.80. The monoisotopic (exact) mass is 315 g/mol. The van der Waals surface area contributed by atoms with E-state index in [1.807, 2.05) is 13.8 Å². The van der Waals surface area contributed by atoms with Crippen LogP contribution in [-0.2, 0) is 13.3 Å². The molecule has 1 saturated heterocycles. The van der Waals surface area contributed by atoms with Gasteiger partial charge in [0.2, 0.25) is 0 Å². The largest absolute Gasteiger partial charge is 0.485 e. The molecule has 1 unspecified atom stereocenters. The predicted octanol–water partition coefficient (Wildman–Crippen LogP) is 2.91. The summed E-state index contributed by atoms with van der Waals surface area (Å²) >= 11 is 0. The molecule has 0 N–H and O–H groups in total. The normalized spacial score (nSPS) is 23.8. The van der Waals surface area contributed by atoms with E-state index in [1.165, 1.54) is 6.42 Å². The minimum absolute atomic E-state index is 0.735. The second-order valence-corrected chi connectivity index (χ2v) is 12.6. The van der Waals surface area contributed by atoms with Gasteiger partial charge in [0.1, 0.15) is 0 Å². The van der Waals surface area contributed by atoms with E-state index in [0.29, 0.717) is 0 Å². The molecule has 0 saturated carbocycles. The first-order valence-electron chi connectivity index (χ1n) is 7.66. The molecule has 0 bridgehead atoms. The van der Waals surface area contributed by atoms with Crippen molar-refractivity contribution in [3.63, 3.8) is 0 Å². The molecule has 1 atom stereocenters. The topological polar surface area (TPSA) is 30.9 Å². The highest BCUT2D eigenvalue weighted by molar-refractivity contribution is 6.70. The first-order valence-corrected chi connectivity index (χ1v) is 12.7. The van der Waals surface area contributed by atoms with Gasteiger partial charge in [0.15, 0.2) is 0 Å². The standard InChI is InChI=1S/C14H29NO3Si2/c1-6-16-19(4)13-9-11-15(19)12-10-14-20(5,17-7-2)18-8-3/h1H,7-14H2,2-5H3. The number of hydrogen-bond donors (Lipinski definition) is 0. The lowest BCUT2D eigenvalue weighted by atomic mass is 10.4. The van der Waals surface area contributed by atoms with E-state index in [0.717, 1.165) is 44.8 Å². The van der Waals surface area contributed by atoms with Crippen LogP contribution < -0.4 is 0 Å². The molecule has 0 aromatic heterocycles. The van der Waals surface area contributed by atoms with E-state index in [2.05, 4.69) is 23.8 Å². The Hall–Kier alpha value is -0.326. The molecule has 1 heterocycles. The third-order valence-corrected chi connectivity index (χ3v) is 10.7. The molecule has 116 valence electrons. The van der Waals surface area contributed by atoms with Crippen LogP contribution in [0.5, 0.6) is 0 Å². The lowest BCUT2D eigenvalue weighted by Crippen LogP contribution is -2.49. The molecular formula is C14H29NO3Si2. The second-order valence-electron chi connectivity index (χ2n) is 5.59. The third-order valence-electron chi connectivity index (χ3n) is 3.97. The van der Waals surface area contributed by atoms with Gasteiger partial charge in [0.25, 0.3) is 0 Å². The molecule has 0 spiro atoms. The maximum absolute atomic E-state index is 5.88. The zero-order valence-electron chi connectivity index (χ0n) is 13.4. The van der Waals surface area contributed by atoms with Crippen molar-refractivity contribution < 1.29 is 13.3 Å². The molecule has 0 amide bonds. The van der Waals surface area contributed by atoms with Crippen LogP contribution in [0.4, 0.5) is 0 Å². The minimum Gasteiger partial charge on any atom is -0.485 e. The van der Waals surface area contributed by atoms with Crippen LogP contribution in [0.25, 0.3) is 0 Å². The Labute approximate surface area is 126 Å². The highest BCUT2D eigenvalue weighted by Crippen LogP contribution is 2.27. The molecule has 0 aromatic rings. The quantitative estimate of drug-likeness (QED) is 0.483. The summed E-state index contributed by atoms with van der Waals surface area (Å²) in [5, 5.41) is 0. The van der Waals surface area contributed by atoms with Gasteiger partial charge in [-0.15, -0.1) is 0 Å². The van der Waals surface area contributed by atoms with E-state index in [-0.39, 0.29) is 0 Å². The fraction of sp³-hybridized carbons (Fsp3) is 0.857. The van der Waals surface area contributed by atoms with Crippen molar-refractivity contribution in [2.24, 2.45) is 0 Å². The Kier molecular flexibility index (Phi) is 7.27. The summed E-state index contributed by atoms with van der Waals surface area (Å²) in [6.45, 7) is 12.1. The van der Waals surface area contributed by atoms with Crippen LogP contribution in [0.2, 0.25) is 25.2 Å². The molecule has 6 heteroatoms. The van der Waals surface area contributed by atoms with Crippen molar-refractivity contribution in [3.05, 3.63) is 0 Å². The van der Waals surface area contributed by atoms with Gasteiger partial charge >= 0.3 is 17.0 Å². The summed E-state index contributed by atoms with van der Waals surface area (Å²) in [6.07, 6.45) is 10.0. The van der Waals surface area contributed by atoms with Gasteiger partial charge in [-0.3, -0.25) is 4.57 Å². The van der Waals surface area contributed by atoms with Crippen LogP contribution in [0.15, 0.2) is 0 Å². The van der Waals surface area contributed by atoms with Crippen LogP contribution in [0.3, 0.4) is 0 Å². The first-order chi connectivity index (χ1) is 9.49. The Bertz CT molecular complexity index is 329. The number of rotatable bonds is 9. The Morgan fingerprint density at radius 1 is 1.30 bits per heavy atom. The second kappa shape index (κ2) is 8.20. The first kappa shape index (κ1) is 17.7. The maximum atomic E-state index is 5.88. The highest BCUT2D eigenvalue weighted by Gasteiger charge is 2.43. The SMILES string of the molecule is C#CO[Si]1(C)CCCN1CCC[Si](C)(OCC)OCC. The Balaban J connectivity index is 2.44. The van der Waals surface area contributed by atoms with E-state index in [9.17, 15) is 0 Å². The van der Waals surface area contributed by atoms with Gasteiger partial charge in [-0.05, 0) is 65.0 Å². The molecule has 4 nitrogen and oxygen atoms in total. The molecule has 1 rings (SSSR count). The number of terminal acetylenes is 1. The predicted molar refractivity (Wildman–Crippen MR) is 86.8 cm³/mol. The van der Waals surface area contributed by atoms with Gasteiger partial charge in [-0.2, -0.15) is 0 Å². The molecular weight excluding hydrogens is 286 g/mol. The summed E-state index contributed by atoms with van der Waals surface area (Å²) in [5.74, 6) is 0. The molecule has 20 heavy (non-hydrogen) atoms. The average Bonchev–Trinajstić information content (AvgIpc) is 2.72. The van der Waals surface area contributed by atoms with Crippen molar-refractivity contribution in [2.75, 3.05) is 26.3 Å². The zero-order chi connectivity index (χ0) is 15.1. The highest BCUT2D eigenvalue weighted by atomic mass is 28.4. The average molecular weight is 316 g/mol. The minimum atomic E-state index is -1.98. The van der Waals surface area contributed by atoms with Crippen LogP contribution in [0, 0.1) is 12.5 Å². The van der Waals surface area contributed by atoms with Gasteiger partial charge in [0.05, 0.1) is 6.11 Å². The van der Waals surface area contributed by atoms with Crippen molar-refractivity contribution in [1.29, 1.82) is 0 Å². The Morgan fingerprint density at radius 3 is 2.50 bits per heavy atom. The van der Waals surface area contributed by atoms with Crippen LogP contribution >= 0.6 is 0 Å². The van der Waals surface area contributed by atoms with Gasteiger partial charge < -0.3 is 13.3 Å². The zero-order valence-corrected chi connectivity index (χ0v) is 15.4. The summed E-state index contributed by atoms with van der Waals surface area (Å²) in [6, 6.07) is 2.18. The van der Waals surface area contributed by atoms with E-state index in [1.54, 1.807) is 0 Å². The Morgan fingerprint density at radius 2 is 1.95 bits per heavy atom. The van der Waals surface area contributed by atoms with Gasteiger partial charge in [-0.1, -0.05) is 6.42 Å². The lowest BCUT2D eigenvalue weighted by molar-refractivity contribution is 0.187. The van der Waals surface area contributed by atoms with Crippen LogP contribution in [-0.4, -0.2) is 47.9 Å². The van der Waals surface area contributed by atoms with E-state index >= 15 is 0 Å². The smallest absolute Gasteiger partial charge is 0.340 e. The molecule has 1 fully saturated rings. The molecule has 0 aromatic carbocycles. The molecule has 0 radical (unpaired) electrons. The van der Waals surface area contributed by atoms with E-state index in [4.69, 9.17) is 19.7 Å². The molecule has 1 aliphatic heterocycles. The van der Waals surface area contributed by atoms with Crippen LogP contribution in [0.1, 0.15) is 26.7 Å². The fourth-order valence-electron chi connectivity index (χ4n) is 2.97. The van der Waals surface area contributed by atoms with Crippen molar-refractivity contribution >= 4 is 17.0 Å². The number of hydrogen-bond acceptors (Lipinski definition) is 4. The van der Waals surface area contributed by atoms with Crippen molar-refractivity contribution in [1.82, 2.24) is 4.57 Å². The lowest BCUT2D eigenvalue weighted by Gasteiger charge is -2.31. The third kappa shape index (κ3) is 4.90. The van der Waals surface area contributed by atoms with Gasteiger partial charge in [0, 0.05) is 13.2 Å². The fourth-order valence-corrected chi connectivity index (χ4v) is 8.24. The summed E-state index contributed by atoms with van der Waals surface area (Å²) in [5.41, 5.74) is 0.